The van der Waals surface area contributed by atoms with E-state index in [9.17, 15) is 9.59 Å². The lowest BCUT2D eigenvalue weighted by atomic mass is 9.57. The second-order valence-corrected chi connectivity index (χ2v) is 7.86. The zero-order valence-corrected chi connectivity index (χ0v) is 14.5. The van der Waals surface area contributed by atoms with Gasteiger partial charge in [0.25, 0.3) is 0 Å². The van der Waals surface area contributed by atoms with E-state index in [0.717, 1.165) is 18.6 Å². The molecule has 2 aliphatic rings. The third-order valence-electron chi connectivity index (χ3n) is 6.04. The first-order valence-corrected chi connectivity index (χ1v) is 8.55. The van der Waals surface area contributed by atoms with Crippen molar-refractivity contribution in [3.63, 3.8) is 0 Å². The standard InChI is InChI=1S/C20H26O3/c1-13(2)12-20(14-5-7-15(23-4)8-6-14)10-9-19(3)17(21)11-16(20)18(19)22/h5-8,13,16H,9-12H2,1-4H3/t16-,19+,20+/m0/s1. The molecule has 0 aromatic heterocycles. The summed E-state index contributed by atoms with van der Waals surface area (Å²) in [4.78, 5) is 25.4. The maximum atomic E-state index is 13.0. The number of ether oxygens (including phenoxy) is 1. The van der Waals surface area contributed by atoms with Gasteiger partial charge < -0.3 is 4.74 Å². The Morgan fingerprint density at radius 2 is 1.83 bits per heavy atom. The summed E-state index contributed by atoms with van der Waals surface area (Å²) in [5, 5.41) is 0. The second kappa shape index (κ2) is 5.47. The molecule has 0 radical (unpaired) electrons. The Morgan fingerprint density at radius 1 is 1.17 bits per heavy atom. The highest BCUT2D eigenvalue weighted by atomic mass is 16.5. The van der Waals surface area contributed by atoms with Crippen molar-refractivity contribution in [1.82, 2.24) is 0 Å². The van der Waals surface area contributed by atoms with E-state index < -0.39 is 5.41 Å². The van der Waals surface area contributed by atoms with Crippen LogP contribution in [0.4, 0.5) is 0 Å². The summed E-state index contributed by atoms with van der Waals surface area (Å²) in [5.74, 6) is 1.45. The molecule has 2 saturated carbocycles. The van der Waals surface area contributed by atoms with Crippen LogP contribution < -0.4 is 4.74 Å². The predicted molar refractivity (Wildman–Crippen MR) is 89.6 cm³/mol. The van der Waals surface area contributed by atoms with Gasteiger partial charge in [-0.05, 0) is 49.8 Å². The number of benzene rings is 1. The minimum absolute atomic E-state index is 0.145. The Balaban J connectivity index is 2.07. The van der Waals surface area contributed by atoms with Crippen LogP contribution in [0.3, 0.4) is 0 Å². The van der Waals surface area contributed by atoms with E-state index in [1.807, 2.05) is 19.1 Å². The first-order valence-electron chi connectivity index (χ1n) is 8.55. The highest BCUT2D eigenvalue weighted by Crippen LogP contribution is 2.57. The topological polar surface area (TPSA) is 43.4 Å². The highest BCUT2D eigenvalue weighted by molar-refractivity contribution is 6.15. The van der Waals surface area contributed by atoms with Crippen molar-refractivity contribution in [1.29, 1.82) is 0 Å². The molecule has 124 valence electrons. The van der Waals surface area contributed by atoms with Crippen LogP contribution in [0.2, 0.25) is 0 Å². The maximum absolute atomic E-state index is 13.0. The average molecular weight is 314 g/mol. The Bertz CT molecular complexity index is 631. The summed E-state index contributed by atoms with van der Waals surface area (Å²) in [7, 11) is 1.66. The van der Waals surface area contributed by atoms with Gasteiger partial charge in [-0.15, -0.1) is 0 Å². The number of hydrogen-bond donors (Lipinski definition) is 0. The maximum Gasteiger partial charge on any atom is 0.150 e. The number of ketones is 2. The summed E-state index contributed by atoms with van der Waals surface area (Å²) in [6.45, 7) is 6.24. The number of hydrogen-bond acceptors (Lipinski definition) is 3. The molecule has 0 aliphatic heterocycles. The lowest BCUT2D eigenvalue weighted by Gasteiger charge is -2.45. The molecule has 3 atom stereocenters. The van der Waals surface area contributed by atoms with Gasteiger partial charge in [-0.2, -0.15) is 0 Å². The van der Waals surface area contributed by atoms with Gasteiger partial charge in [-0.25, -0.2) is 0 Å². The number of rotatable bonds is 4. The Hall–Kier alpha value is -1.64. The Morgan fingerprint density at radius 3 is 2.39 bits per heavy atom. The Labute approximate surface area is 138 Å². The molecule has 3 nitrogen and oxygen atoms in total. The minimum Gasteiger partial charge on any atom is -0.497 e. The molecule has 1 aromatic carbocycles. The van der Waals surface area contributed by atoms with Crippen LogP contribution in [-0.4, -0.2) is 18.7 Å². The van der Waals surface area contributed by atoms with Gasteiger partial charge in [0, 0.05) is 17.8 Å². The van der Waals surface area contributed by atoms with Crippen LogP contribution >= 0.6 is 0 Å². The van der Waals surface area contributed by atoms with Gasteiger partial charge in [0.2, 0.25) is 0 Å². The molecule has 23 heavy (non-hydrogen) atoms. The monoisotopic (exact) mass is 314 g/mol. The van der Waals surface area contributed by atoms with E-state index in [2.05, 4.69) is 26.0 Å². The van der Waals surface area contributed by atoms with E-state index in [-0.39, 0.29) is 22.9 Å². The third-order valence-corrected chi connectivity index (χ3v) is 6.04. The van der Waals surface area contributed by atoms with Crippen molar-refractivity contribution in [2.75, 3.05) is 7.11 Å². The van der Waals surface area contributed by atoms with Crippen molar-refractivity contribution >= 4 is 11.6 Å². The molecule has 2 bridgehead atoms. The van der Waals surface area contributed by atoms with E-state index in [1.165, 1.54) is 5.56 Å². The SMILES string of the molecule is COc1ccc([C@]2(CC(C)C)CC[C@]3(C)C(=O)C[C@H]2C3=O)cc1. The molecule has 0 spiro atoms. The van der Waals surface area contributed by atoms with Crippen LogP contribution in [0.15, 0.2) is 24.3 Å². The van der Waals surface area contributed by atoms with Gasteiger partial charge >= 0.3 is 0 Å². The van der Waals surface area contributed by atoms with Crippen LogP contribution in [0, 0.1) is 17.3 Å². The molecule has 3 rings (SSSR count). The van der Waals surface area contributed by atoms with Crippen molar-refractivity contribution < 1.29 is 14.3 Å². The van der Waals surface area contributed by atoms with Crippen LogP contribution in [0.5, 0.6) is 5.75 Å². The fraction of sp³-hybridized carbons (Fsp3) is 0.600. The molecule has 0 amide bonds. The number of carbonyl (C=O) groups is 2. The van der Waals surface area contributed by atoms with Crippen LogP contribution in [-0.2, 0) is 15.0 Å². The van der Waals surface area contributed by atoms with E-state index in [1.54, 1.807) is 7.11 Å². The van der Waals surface area contributed by atoms with Gasteiger partial charge in [-0.3, -0.25) is 9.59 Å². The fourth-order valence-corrected chi connectivity index (χ4v) is 4.74. The van der Waals surface area contributed by atoms with Crippen molar-refractivity contribution in [2.24, 2.45) is 17.3 Å². The average Bonchev–Trinajstić information content (AvgIpc) is 2.68. The molecule has 0 heterocycles. The highest BCUT2D eigenvalue weighted by Gasteiger charge is 2.62. The number of Topliss-reactive ketones (excluding diaryl/α,β-unsaturated/α-hetero) is 2. The van der Waals surface area contributed by atoms with Crippen LogP contribution in [0.25, 0.3) is 0 Å². The van der Waals surface area contributed by atoms with Crippen molar-refractivity contribution in [3.05, 3.63) is 29.8 Å². The zero-order valence-electron chi connectivity index (χ0n) is 14.5. The van der Waals surface area contributed by atoms with E-state index in [4.69, 9.17) is 4.74 Å². The van der Waals surface area contributed by atoms with Crippen molar-refractivity contribution in [3.8, 4) is 5.75 Å². The van der Waals surface area contributed by atoms with Gasteiger partial charge in [0.1, 0.15) is 11.5 Å². The summed E-state index contributed by atoms with van der Waals surface area (Å²) in [5.41, 5.74) is 0.253. The molecule has 0 unspecified atom stereocenters. The number of carbonyl (C=O) groups excluding carboxylic acids is 2. The first-order chi connectivity index (χ1) is 10.8. The first kappa shape index (κ1) is 16.2. The molecule has 2 fully saturated rings. The number of fused-ring (bicyclic) bond motifs is 2. The van der Waals surface area contributed by atoms with E-state index in [0.29, 0.717) is 18.8 Å². The van der Waals surface area contributed by atoms with Gasteiger partial charge in [0.15, 0.2) is 5.78 Å². The molecular weight excluding hydrogens is 288 g/mol. The molecular formula is C20H26O3. The number of methoxy groups -OCH3 is 1. The predicted octanol–water partition coefficient (Wildman–Crippen LogP) is 3.94. The molecule has 1 aromatic rings. The van der Waals surface area contributed by atoms with Gasteiger partial charge in [0.05, 0.1) is 12.5 Å². The summed E-state index contributed by atoms with van der Waals surface area (Å²) >= 11 is 0. The van der Waals surface area contributed by atoms with Crippen molar-refractivity contribution in [2.45, 2.75) is 51.9 Å². The Kier molecular flexibility index (Phi) is 3.86. The lowest BCUT2D eigenvalue weighted by Crippen LogP contribution is -2.47. The molecule has 0 saturated heterocycles. The summed E-state index contributed by atoms with van der Waals surface area (Å²) < 4.78 is 5.27. The summed E-state index contributed by atoms with van der Waals surface area (Å²) in [6, 6.07) is 8.10. The smallest absolute Gasteiger partial charge is 0.150 e. The van der Waals surface area contributed by atoms with E-state index >= 15 is 0 Å². The molecule has 2 aliphatic carbocycles. The van der Waals surface area contributed by atoms with Gasteiger partial charge in [-0.1, -0.05) is 26.0 Å². The zero-order chi connectivity index (χ0) is 16.8. The fourth-order valence-electron chi connectivity index (χ4n) is 4.74. The second-order valence-electron chi connectivity index (χ2n) is 7.86. The third kappa shape index (κ3) is 2.32. The normalized spacial score (nSPS) is 33.3. The minimum atomic E-state index is -0.725. The quantitative estimate of drug-likeness (QED) is 0.791. The largest absolute Gasteiger partial charge is 0.497 e. The van der Waals surface area contributed by atoms with Crippen LogP contribution in [0.1, 0.15) is 52.0 Å². The molecule has 0 N–H and O–H groups in total. The summed E-state index contributed by atoms with van der Waals surface area (Å²) in [6.07, 6.45) is 2.95. The molecule has 3 heteroatoms. The lowest BCUT2D eigenvalue weighted by molar-refractivity contribution is -0.138.